The van der Waals surface area contributed by atoms with Gasteiger partial charge in [0.15, 0.2) is 0 Å². The van der Waals surface area contributed by atoms with Gasteiger partial charge in [-0.15, -0.1) is 11.6 Å². The highest BCUT2D eigenvalue weighted by Crippen LogP contribution is 2.28. The Bertz CT molecular complexity index is 213. The van der Waals surface area contributed by atoms with Crippen molar-refractivity contribution < 1.29 is 17.9 Å². The van der Waals surface area contributed by atoms with E-state index >= 15 is 0 Å². The molecule has 0 amide bonds. The summed E-state index contributed by atoms with van der Waals surface area (Å²) in [4.78, 5) is 0. The lowest BCUT2D eigenvalue weighted by Gasteiger charge is -2.11. The first-order chi connectivity index (χ1) is 7.97. The maximum absolute atomic E-state index is 11.7. The summed E-state index contributed by atoms with van der Waals surface area (Å²) in [6.45, 7) is 0.600. The summed E-state index contributed by atoms with van der Waals surface area (Å²) in [6, 6.07) is 0. The molecule has 0 spiro atoms. The summed E-state index contributed by atoms with van der Waals surface area (Å²) in [5, 5.41) is 3.53. The van der Waals surface area contributed by atoms with E-state index in [1.54, 1.807) is 0 Å². The molecule has 0 aliphatic heterocycles. The average molecular weight is 274 g/mol. The minimum Gasteiger partial charge on any atom is -0.372 e. The lowest BCUT2D eigenvalue weighted by atomic mass is 10.1. The molecule has 1 saturated carbocycles. The molecule has 0 radical (unpaired) electrons. The third kappa shape index (κ3) is 7.84. The van der Waals surface area contributed by atoms with Crippen LogP contribution in [-0.2, 0) is 4.74 Å². The van der Waals surface area contributed by atoms with Gasteiger partial charge in [-0.1, -0.05) is 0 Å². The molecule has 0 bridgehead atoms. The first kappa shape index (κ1) is 15.1. The Morgan fingerprint density at radius 3 is 2.65 bits per heavy atom. The van der Waals surface area contributed by atoms with Crippen LogP contribution in [0.15, 0.2) is 0 Å². The number of nitrogens with one attached hydrogen (secondary N) is 1. The van der Waals surface area contributed by atoms with Crippen LogP contribution in [-0.4, -0.2) is 37.9 Å². The average Bonchev–Trinajstić information content (AvgIpc) is 2.61. The molecule has 1 fully saturated rings. The Morgan fingerprint density at radius 1 is 1.29 bits per heavy atom. The number of alkyl halides is 4. The van der Waals surface area contributed by atoms with Crippen LogP contribution in [0, 0.1) is 5.92 Å². The minimum absolute atomic E-state index is 0.148. The maximum atomic E-state index is 11.7. The summed E-state index contributed by atoms with van der Waals surface area (Å²) in [5.41, 5.74) is 0. The lowest BCUT2D eigenvalue weighted by Crippen LogP contribution is -2.24. The van der Waals surface area contributed by atoms with Gasteiger partial charge >= 0.3 is 6.18 Å². The molecule has 1 aliphatic carbocycles. The van der Waals surface area contributed by atoms with Crippen molar-refractivity contribution in [1.29, 1.82) is 0 Å². The molecular weight excluding hydrogens is 255 g/mol. The Labute approximate surface area is 105 Å². The molecule has 0 heterocycles. The SMILES string of the molecule is FC(F)(F)COCCCNCC1CCC(Cl)C1. The number of hydrogen-bond acceptors (Lipinski definition) is 2. The monoisotopic (exact) mass is 273 g/mol. The van der Waals surface area contributed by atoms with Gasteiger partial charge in [0.2, 0.25) is 0 Å². The van der Waals surface area contributed by atoms with E-state index in [9.17, 15) is 13.2 Å². The first-order valence-electron chi connectivity index (χ1n) is 5.96. The van der Waals surface area contributed by atoms with E-state index in [-0.39, 0.29) is 6.61 Å². The Balaban J connectivity index is 1.85. The predicted octanol–water partition coefficient (Wildman–Crippen LogP) is 2.95. The van der Waals surface area contributed by atoms with E-state index in [0.29, 0.717) is 24.3 Å². The van der Waals surface area contributed by atoms with Crippen LogP contribution < -0.4 is 5.32 Å². The van der Waals surface area contributed by atoms with Crippen LogP contribution in [0.4, 0.5) is 13.2 Å². The second-order valence-electron chi connectivity index (χ2n) is 4.50. The van der Waals surface area contributed by atoms with Gasteiger partial charge in [0.1, 0.15) is 6.61 Å². The fourth-order valence-corrected chi connectivity index (χ4v) is 2.37. The molecule has 1 rings (SSSR count). The van der Waals surface area contributed by atoms with Gasteiger partial charge in [-0.2, -0.15) is 13.2 Å². The van der Waals surface area contributed by atoms with E-state index in [0.717, 1.165) is 25.8 Å². The van der Waals surface area contributed by atoms with E-state index in [4.69, 9.17) is 11.6 Å². The Hall–Kier alpha value is 0. The van der Waals surface area contributed by atoms with Gasteiger partial charge < -0.3 is 10.1 Å². The Kier molecular flexibility index (Phi) is 6.59. The molecule has 2 atom stereocenters. The molecule has 0 aromatic heterocycles. The van der Waals surface area contributed by atoms with Gasteiger partial charge in [0.25, 0.3) is 0 Å². The zero-order valence-electron chi connectivity index (χ0n) is 9.73. The summed E-state index contributed by atoms with van der Waals surface area (Å²) in [7, 11) is 0. The maximum Gasteiger partial charge on any atom is 0.411 e. The van der Waals surface area contributed by atoms with Crippen molar-refractivity contribution in [2.75, 3.05) is 26.3 Å². The van der Waals surface area contributed by atoms with Crippen molar-refractivity contribution in [3.63, 3.8) is 0 Å². The highest BCUT2D eigenvalue weighted by atomic mass is 35.5. The highest BCUT2D eigenvalue weighted by Gasteiger charge is 2.27. The fourth-order valence-electron chi connectivity index (χ4n) is 1.99. The largest absolute Gasteiger partial charge is 0.411 e. The Morgan fingerprint density at radius 2 is 2.06 bits per heavy atom. The normalized spacial score (nSPS) is 25.4. The second-order valence-corrected chi connectivity index (χ2v) is 5.12. The van der Waals surface area contributed by atoms with Crippen molar-refractivity contribution in [2.24, 2.45) is 5.92 Å². The third-order valence-electron chi connectivity index (χ3n) is 2.82. The van der Waals surface area contributed by atoms with Crippen LogP contribution in [0.1, 0.15) is 25.7 Å². The molecule has 2 nitrogen and oxygen atoms in total. The highest BCUT2D eigenvalue weighted by molar-refractivity contribution is 6.20. The molecule has 102 valence electrons. The molecular formula is C11H19ClF3NO. The van der Waals surface area contributed by atoms with Crippen LogP contribution in [0.5, 0.6) is 0 Å². The van der Waals surface area contributed by atoms with Gasteiger partial charge in [-0.05, 0) is 44.7 Å². The molecule has 0 aromatic rings. The molecule has 0 saturated heterocycles. The third-order valence-corrected chi connectivity index (χ3v) is 3.21. The number of hydrogen-bond donors (Lipinski definition) is 1. The van der Waals surface area contributed by atoms with E-state index in [2.05, 4.69) is 10.1 Å². The second kappa shape index (κ2) is 7.44. The van der Waals surface area contributed by atoms with Crippen LogP contribution >= 0.6 is 11.6 Å². The fraction of sp³-hybridized carbons (Fsp3) is 1.00. The minimum atomic E-state index is -4.22. The quantitative estimate of drug-likeness (QED) is 0.569. The smallest absolute Gasteiger partial charge is 0.372 e. The van der Waals surface area contributed by atoms with Crippen LogP contribution in [0.25, 0.3) is 0 Å². The summed E-state index contributed by atoms with van der Waals surface area (Å²) in [5.74, 6) is 0.619. The lowest BCUT2D eigenvalue weighted by molar-refractivity contribution is -0.173. The van der Waals surface area contributed by atoms with Crippen LogP contribution in [0.2, 0.25) is 0 Å². The van der Waals surface area contributed by atoms with Gasteiger partial charge in [0.05, 0.1) is 0 Å². The van der Waals surface area contributed by atoms with Crippen LogP contribution in [0.3, 0.4) is 0 Å². The van der Waals surface area contributed by atoms with E-state index in [1.807, 2.05) is 0 Å². The summed E-state index contributed by atoms with van der Waals surface area (Å²) in [6.07, 6.45) is -0.354. The number of rotatable bonds is 7. The van der Waals surface area contributed by atoms with Crippen molar-refractivity contribution in [3.8, 4) is 0 Å². The predicted molar refractivity (Wildman–Crippen MR) is 61.3 cm³/mol. The molecule has 17 heavy (non-hydrogen) atoms. The standard InChI is InChI=1S/C11H19ClF3NO/c12-10-3-2-9(6-10)7-16-4-1-5-17-8-11(13,14)15/h9-10,16H,1-8H2. The number of halogens is 4. The van der Waals surface area contributed by atoms with E-state index < -0.39 is 12.8 Å². The molecule has 6 heteroatoms. The van der Waals surface area contributed by atoms with Crippen molar-refractivity contribution >= 4 is 11.6 Å². The first-order valence-corrected chi connectivity index (χ1v) is 6.40. The van der Waals surface area contributed by atoms with Gasteiger partial charge in [-0.3, -0.25) is 0 Å². The van der Waals surface area contributed by atoms with Crippen molar-refractivity contribution in [2.45, 2.75) is 37.2 Å². The van der Waals surface area contributed by atoms with Crippen molar-refractivity contribution in [3.05, 3.63) is 0 Å². The number of ether oxygens (including phenoxy) is 1. The van der Waals surface area contributed by atoms with Crippen molar-refractivity contribution in [1.82, 2.24) is 5.32 Å². The zero-order chi connectivity index (χ0) is 12.7. The topological polar surface area (TPSA) is 21.3 Å². The van der Waals surface area contributed by atoms with Gasteiger partial charge in [0, 0.05) is 12.0 Å². The molecule has 1 aliphatic rings. The summed E-state index contributed by atoms with van der Waals surface area (Å²) < 4.78 is 39.7. The molecule has 1 N–H and O–H groups in total. The summed E-state index contributed by atoms with van der Waals surface area (Å²) >= 11 is 5.98. The zero-order valence-corrected chi connectivity index (χ0v) is 10.5. The van der Waals surface area contributed by atoms with Gasteiger partial charge in [-0.25, -0.2) is 0 Å². The van der Waals surface area contributed by atoms with E-state index in [1.165, 1.54) is 0 Å². The molecule has 2 unspecified atom stereocenters. The molecule has 0 aromatic carbocycles.